The fourth-order valence-corrected chi connectivity index (χ4v) is 2.54. The maximum atomic E-state index is 13.6. The smallest absolute Gasteiger partial charge is 0.270 e. The van der Waals surface area contributed by atoms with Crippen LogP contribution in [0.5, 0.6) is 0 Å². The minimum absolute atomic E-state index is 0.0540. The van der Waals surface area contributed by atoms with Crippen molar-refractivity contribution in [1.29, 1.82) is 0 Å². The van der Waals surface area contributed by atoms with E-state index >= 15 is 0 Å². The summed E-state index contributed by atoms with van der Waals surface area (Å²) in [6.45, 7) is 0.0540. The molecule has 26 heavy (non-hydrogen) atoms. The Labute approximate surface area is 159 Å². The van der Waals surface area contributed by atoms with Gasteiger partial charge in [0.1, 0.15) is 23.7 Å². The van der Waals surface area contributed by atoms with Crippen molar-refractivity contribution in [3.63, 3.8) is 0 Å². The summed E-state index contributed by atoms with van der Waals surface area (Å²) in [4.78, 5) is 20.3. The third-order valence-electron chi connectivity index (χ3n) is 3.51. The minimum Gasteiger partial charge on any atom is -0.347 e. The normalized spacial score (nSPS) is 10.4. The summed E-state index contributed by atoms with van der Waals surface area (Å²) < 4.78 is 13.6. The van der Waals surface area contributed by atoms with Crippen molar-refractivity contribution in [2.75, 3.05) is 5.32 Å². The lowest BCUT2D eigenvalue weighted by Crippen LogP contribution is -2.24. The second-order valence-corrected chi connectivity index (χ2v) is 6.07. The molecule has 1 amide bonds. The molecule has 0 spiro atoms. The Hall–Kier alpha value is -2.70. The van der Waals surface area contributed by atoms with E-state index in [9.17, 15) is 9.18 Å². The van der Waals surface area contributed by atoms with E-state index in [-0.39, 0.29) is 18.1 Å². The van der Waals surface area contributed by atoms with Gasteiger partial charge in [0.05, 0.1) is 15.7 Å². The summed E-state index contributed by atoms with van der Waals surface area (Å²) in [7, 11) is 0. The first-order valence-corrected chi connectivity index (χ1v) is 8.35. The highest BCUT2D eigenvalue weighted by molar-refractivity contribution is 6.43. The number of halogens is 3. The van der Waals surface area contributed by atoms with E-state index in [0.29, 0.717) is 27.1 Å². The highest BCUT2D eigenvalue weighted by Gasteiger charge is 2.11. The van der Waals surface area contributed by atoms with Crippen molar-refractivity contribution in [3.8, 4) is 0 Å². The van der Waals surface area contributed by atoms with Gasteiger partial charge in [-0.05, 0) is 18.2 Å². The molecule has 1 aromatic heterocycles. The van der Waals surface area contributed by atoms with Gasteiger partial charge in [-0.15, -0.1) is 0 Å². The number of hydrogen-bond acceptors (Lipinski definition) is 4. The van der Waals surface area contributed by atoms with Gasteiger partial charge in [-0.2, -0.15) is 0 Å². The molecule has 8 heteroatoms. The molecular formula is C18H13Cl2FN4O. The molecule has 3 rings (SSSR count). The number of hydrogen-bond donors (Lipinski definition) is 2. The van der Waals surface area contributed by atoms with Crippen LogP contribution in [0.1, 0.15) is 16.1 Å². The van der Waals surface area contributed by atoms with Crippen LogP contribution >= 0.6 is 23.2 Å². The lowest BCUT2D eigenvalue weighted by Gasteiger charge is -2.10. The number of carbonyl (C=O) groups excluding carboxylic acids is 1. The van der Waals surface area contributed by atoms with Crippen LogP contribution in [0.25, 0.3) is 0 Å². The van der Waals surface area contributed by atoms with Gasteiger partial charge in [0.15, 0.2) is 0 Å². The summed E-state index contributed by atoms with van der Waals surface area (Å²) in [5.74, 6) is -0.454. The second-order valence-electron chi connectivity index (χ2n) is 5.29. The van der Waals surface area contributed by atoms with Gasteiger partial charge >= 0.3 is 0 Å². The number of nitrogens with one attached hydrogen (secondary N) is 2. The lowest BCUT2D eigenvalue weighted by molar-refractivity contribution is 0.0945. The van der Waals surface area contributed by atoms with E-state index in [1.54, 1.807) is 36.4 Å². The number of carbonyl (C=O) groups is 1. The van der Waals surface area contributed by atoms with E-state index < -0.39 is 5.91 Å². The molecule has 0 aliphatic carbocycles. The van der Waals surface area contributed by atoms with Gasteiger partial charge in [0, 0.05) is 18.2 Å². The predicted octanol–water partition coefficient (Wildman–Crippen LogP) is 4.60. The molecule has 5 nitrogen and oxygen atoms in total. The maximum Gasteiger partial charge on any atom is 0.270 e. The average Bonchev–Trinajstić information content (AvgIpc) is 2.65. The van der Waals surface area contributed by atoms with Gasteiger partial charge in [-0.3, -0.25) is 4.79 Å². The Kier molecular flexibility index (Phi) is 5.65. The van der Waals surface area contributed by atoms with Gasteiger partial charge < -0.3 is 10.6 Å². The zero-order valence-corrected chi connectivity index (χ0v) is 14.9. The van der Waals surface area contributed by atoms with E-state index in [2.05, 4.69) is 20.6 Å². The molecule has 0 saturated carbocycles. The molecule has 0 aliphatic heterocycles. The molecule has 0 unspecified atom stereocenters. The number of benzene rings is 2. The van der Waals surface area contributed by atoms with Crippen molar-refractivity contribution >= 4 is 40.6 Å². The molecule has 0 radical (unpaired) electrons. The van der Waals surface area contributed by atoms with Crippen molar-refractivity contribution in [2.45, 2.75) is 6.54 Å². The Morgan fingerprint density at radius 1 is 1.08 bits per heavy atom. The van der Waals surface area contributed by atoms with Crippen LogP contribution in [0.2, 0.25) is 10.0 Å². The molecule has 1 heterocycles. The molecule has 3 aromatic rings. The van der Waals surface area contributed by atoms with Gasteiger partial charge in [0.25, 0.3) is 5.91 Å². The zero-order valence-electron chi connectivity index (χ0n) is 13.3. The van der Waals surface area contributed by atoms with Crippen LogP contribution in [0.4, 0.5) is 15.9 Å². The van der Waals surface area contributed by atoms with Crippen LogP contribution in [0, 0.1) is 5.82 Å². The first-order valence-electron chi connectivity index (χ1n) is 7.59. The molecule has 0 atom stereocenters. The van der Waals surface area contributed by atoms with E-state index in [1.807, 2.05) is 0 Å². The van der Waals surface area contributed by atoms with E-state index in [0.717, 1.165) is 0 Å². The molecular weight excluding hydrogens is 378 g/mol. The van der Waals surface area contributed by atoms with Gasteiger partial charge in [-0.25, -0.2) is 14.4 Å². The third kappa shape index (κ3) is 4.28. The molecule has 132 valence electrons. The average molecular weight is 391 g/mol. The van der Waals surface area contributed by atoms with Crippen LogP contribution in [0.15, 0.2) is 54.9 Å². The molecule has 0 bridgehead atoms. The van der Waals surface area contributed by atoms with Gasteiger partial charge in [-0.1, -0.05) is 47.5 Å². The first kappa shape index (κ1) is 18.1. The molecule has 2 N–H and O–H groups in total. The standard InChI is InChI=1S/C18H13Cl2FN4O/c19-12-5-3-7-14(17(12)20)25-16-8-15(23-10-24-16)18(26)22-9-11-4-1-2-6-13(11)21/h1-8,10H,9H2,(H,22,26)(H,23,24,25). The Balaban J connectivity index is 1.71. The summed E-state index contributed by atoms with van der Waals surface area (Å²) in [6.07, 6.45) is 1.25. The van der Waals surface area contributed by atoms with Crippen LogP contribution in [-0.4, -0.2) is 15.9 Å². The predicted molar refractivity (Wildman–Crippen MR) is 99.3 cm³/mol. The van der Waals surface area contributed by atoms with Crippen molar-refractivity contribution in [3.05, 3.63) is 82.0 Å². The molecule has 0 fully saturated rings. The second kappa shape index (κ2) is 8.12. The number of amides is 1. The van der Waals surface area contributed by atoms with Crippen LogP contribution < -0.4 is 10.6 Å². The van der Waals surface area contributed by atoms with E-state index in [1.165, 1.54) is 18.5 Å². The summed E-state index contributed by atoms with van der Waals surface area (Å²) in [5.41, 5.74) is 1.08. The Bertz CT molecular complexity index is 952. The quantitative estimate of drug-likeness (QED) is 0.668. The molecule has 2 aromatic carbocycles. The Morgan fingerprint density at radius 2 is 1.88 bits per heavy atom. The highest BCUT2D eigenvalue weighted by atomic mass is 35.5. The fraction of sp³-hybridized carbons (Fsp3) is 0.0556. The minimum atomic E-state index is -0.448. The number of anilines is 2. The molecule has 0 aliphatic rings. The lowest BCUT2D eigenvalue weighted by atomic mass is 10.2. The number of rotatable bonds is 5. The van der Waals surface area contributed by atoms with Gasteiger partial charge in [0.2, 0.25) is 0 Å². The fourth-order valence-electron chi connectivity index (χ4n) is 2.20. The topological polar surface area (TPSA) is 66.9 Å². The van der Waals surface area contributed by atoms with Crippen LogP contribution in [0.3, 0.4) is 0 Å². The Morgan fingerprint density at radius 3 is 2.69 bits per heavy atom. The van der Waals surface area contributed by atoms with E-state index in [4.69, 9.17) is 23.2 Å². The molecule has 0 saturated heterocycles. The summed E-state index contributed by atoms with van der Waals surface area (Å²) in [6, 6.07) is 12.8. The maximum absolute atomic E-state index is 13.6. The zero-order chi connectivity index (χ0) is 18.5. The largest absolute Gasteiger partial charge is 0.347 e. The first-order chi connectivity index (χ1) is 12.5. The van der Waals surface area contributed by atoms with Crippen molar-refractivity contribution < 1.29 is 9.18 Å². The van der Waals surface area contributed by atoms with Crippen molar-refractivity contribution in [1.82, 2.24) is 15.3 Å². The highest BCUT2D eigenvalue weighted by Crippen LogP contribution is 2.31. The monoisotopic (exact) mass is 390 g/mol. The summed E-state index contributed by atoms with van der Waals surface area (Å²) in [5, 5.41) is 6.35. The van der Waals surface area contributed by atoms with Crippen LogP contribution in [-0.2, 0) is 6.54 Å². The summed E-state index contributed by atoms with van der Waals surface area (Å²) >= 11 is 12.1. The third-order valence-corrected chi connectivity index (χ3v) is 4.33. The number of aromatic nitrogens is 2. The van der Waals surface area contributed by atoms with Crippen molar-refractivity contribution in [2.24, 2.45) is 0 Å². The number of nitrogens with zero attached hydrogens (tertiary/aromatic N) is 2. The SMILES string of the molecule is O=C(NCc1ccccc1F)c1cc(Nc2cccc(Cl)c2Cl)ncn1.